The fourth-order valence-electron chi connectivity index (χ4n) is 9.90. The molecule has 244 valence electrons. The second-order valence-electron chi connectivity index (χ2n) is 14.2. The fourth-order valence-corrected chi connectivity index (χ4v) is 14.9. The van der Waals surface area contributed by atoms with Crippen LogP contribution >= 0.6 is 0 Å². The van der Waals surface area contributed by atoms with Gasteiger partial charge in [0.15, 0.2) is 8.07 Å². The molecule has 1 nitrogen and oxygen atoms in total. The number of fused-ring (bicyclic) bond motifs is 3. The van der Waals surface area contributed by atoms with Crippen molar-refractivity contribution < 1.29 is 4.42 Å². The number of furan rings is 1. The monoisotopic (exact) mass is 678 g/mol. The minimum atomic E-state index is -2.84. The Balaban J connectivity index is 1.27. The molecule has 0 saturated heterocycles. The number of benzene rings is 8. The Morgan fingerprint density at radius 2 is 0.827 bits per heavy atom. The summed E-state index contributed by atoms with van der Waals surface area (Å²) in [6.07, 6.45) is 0. The van der Waals surface area contributed by atoms with Gasteiger partial charge in [0.05, 0.1) is 0 Å². The molecular formula is C50H34OSi. The molecule has 3 aliphatic rings. The lowest BCUT2D eigenvalue weighted by molar-refractivity contribution is 0.669. The van der Waals surface area contributed by atoms with E-state index in [1.807, 2.05) is 0 Å². The summed E-state index contributed by atoms with van der Waals surface area (Å²) in [5, 5.41) is 8.04. The average Bonchev–Trinajstić information content (AvgIpc) is 3.61. The predicted molar refractivity (Wildman–Crippen MR) is 218 cm³/mol. The molecule has 0 aliphatic heterocycles. The van der Waals surface area contributed by atoms with Gasteiger partial charge in [0, 0.05) is 22.6 Å². The molecule has 1 aromatic heterocycles. The van der Waals surface area contributed by atoms with Crippen molar-refractivity contribution in [1.29, 1.82) is 0 Å². The van der Waals surface area contributed by atoms with E-state index < -0.39 is 8.07 Å². The molecule has 3 aliphatic carbocycles. The number of rotatable bonds is 5. The maximum Gasteiger partial charge on any atom is 0.179 e. The predicted octanol–water partition coefficient (Wildman–Crippen LogP) is 9.62. The summed E-state index contributed by atoms with van der Waals surface area (Å²) in [6.45, 7) is 0. The zero-order valence-corrected chi connectivity index (χ0v) is 29.5. The smallest absolute Gasteiger partial charge is 0.179 e. The largest absolute Gasteiger partial charge is 0.456 e. The van der Waals surface area contributed by atoms with E-state index in [4.69, 9.17) is 4.42 Å². The number of hydrogen-bond acceptors (Lipinski definition) is 1. The highest BCUT2D eigenvalue weighted by atomic mass is 28.3. The molecule has 2 unspecified atom stereocenters. The van der Waals surface area contributed by atoms with Crippen LogP contribution in [0.4, 0.5) is 0 Å². The fraction of sp³-hybridized carbons (Fsp3) is 0.0400. The van der Waals surface area contributed by atoms with Crippen molar-refractivity contribution in [2.45, 2.75) is 11.8 Å². The van der Waals surface area contributed by atoms with E-state index >= 15 is 0 Å². The van der Waals surface area contributed by atoms with Gasteiger partial charge in [0.2, 0.25) is 0 Å². The summed E-state index contributed by atoms with van der Waals surface area (Å²) in [6, 6.07) is 72.6. The first-order chi connectivity index (χ1) is 25.8. The van der Waals surface area contributed by atoms with Gasteiger partial charge in [-0.2, -0.15) is 0 Å². The first-order valence-corrected chi connectivity index (χ1v) is 20.3. The molecule has 0 saturated carbocycles. The molecule has 2 bridgehead atoms. The van der Waals surface area contributed by atoms with E-state index in [9.17, 15) is 0 Å². The van der Waals surface area contributed by atoms with Crippen LogP contribution in [0, 0.1) is 0 Å². The SMILES string of the molecule is c1ccc([Si](c2ccccc2)(c2ccccc2)c2cccc3c2C2c4ccccc4C3c3cccc(-c4cccc5oc6ccccc6c45)c32)cc1. The molecule has 2 atom stereocenters. The van der Waals surface area contributed by atoms with Crippen LogP contribution in [-0.4, -0.2) is 8.07 Å². The third-order valence-corrected chi connectivity index (χ3v) is 16.7. The summed E-state index contributed by atoms with van der Waals surface area (Å²) in [4.78, 5) is 0. The van der Waals surface area contributed by atoms with Crippen LogP contribution in [-0.2, 0) is 0 Å². The van der Waals surface area contributed by atoms with Crippen molar-refractivity contribution in [2.75, 3.05) is 0 Å². The minimum absolute atomic E-state index is 0.0648. The molecule has 0 radical (unpaired) electrons. The Labute approximate surface area is 304 Å². The molecule has 2 heteroatoms. The molecule has 9 aromatic rings. The topological polar surface area (TPSA) is 13.1 Å². The molecule has 1 heterocycles. The molecule has 0 amide bonds. The van der Waals surface area contributed by atoms with Gasteiger partial charge >= 0.3 is 0 Å². The average molecular weight is 679 g/mol. The van der Waals surface area contributed by atoms with E-state index in [-0.39, 0.29) is 11.8 Å². The maximum atomic E-state index is 6.45. The second kappa shape index (κ2) is 11.4. The van der Waals surface area contributed by atoms with Gasteiger partial charge in [-0.3, -0.25) is 0 Å². The van der Waals surface area contributed by atoms with Gasteiger partial charge in [0.1, 0.15) is 11.2 Å². The van der Waals surface area contributed by atoms with Crippen molar-refractivity contribution in [2.24, 2.45) is 0 Å². The number of para-hydroxylation sites is 1. The molecule has 0 N–H and O–H groups in total. The Morgan fingerprint density at radius 1 is 0.346 bits per heavy atom. The normalized spacial score (nSPS) is 15.7. The van der Waals surface area contributed by atoms with E-state index in [1.54, 1.807) is 0 Å². The Kier molecular flexibility index (Phi) is 6.47. The molecule has 12 rings (SSSR count). The van der Waals surface area contributed by atoms with Crippen LogP contribution in [0.5, 0.6) is 0 Å². The highest BCUT2D eigenvalue weighted by Gasteiger charge is 2.49. The first kappa shape index (κ1) is 29.5. The highest BCUT2D eigenvalue weighted by Crippen LogP contribution is 2.58. The van der Waals surface area contributed by atoms with Crippen LogP contribution in [0.2, 0.25) is 0 Å². The summed E-state index contributed by atoms with van der Waals surface area (Å²) < 4.78 is 6.45. The Hall–Kier alpha value is -6.22. The van der Waals surface area contributed by atoms with Crippen LogP contribution in [0.15, 0.2) is 199 Å². The van der Waals surface area contributed by atoms with Crippen molar-refractivity contribution in [1.82, 2.24) is 0 Å². The summed E-state index contributed by atoms with van der Waals surface area (Å²) in [7, 11) is -2.84. The van der Waals surface area contributed by atoms with Gasteiger partial charge in [-0.25, -0.2) is 0 Å². The van der Waals surface area contributed by atoms with Gasteiger partial charge in [-0.15, -0.1) is 0 Å². The number of hydrogen-bond donors (Lipinski definition) is 0. The minimum Gasteiger partial charge on any atom is -0.456 e. The van der Waals surface area contributed by atoms with Crippen molar-refractivity contribution in [3.05, 3.63) is 228 Å². The molecule has 0 spiro atoms. The summed E-state index contributed by atoms with van der Waals surface area (Å²) in [5.41, 5.74) is 13.0. The standard InChI is InChI=1S/C50H34OSi/c1-4-17-33(18-5-1)52(34-19-6-2-7-20-34,35-21-8-3-9-22-35)45-32-16-29-42-46-36-23-10-11-24-39(36)50(49(42)45)48-38(26-14-28-41(46)48)37-27-15-31-44-47(37)40-25-12-13-30-43(40)51-44/h1-32,46,50H. The molecule has 8 aromatic carbocycles. The lowest BCUT2D eigenvalue weighted by Crippen LogP contribution is -2.75. The van der Waals surface area contributed by atoms with E-state index in [0.717, 1.165) is 16.6 Å². The third-order valence-electron chi connectivity index (χ3n) is 11.8. The second-order valence-corrected chi connectivity index (χ2v) is 18.0. The van der Waals surface area contributed by atoms with Crippen molar-refractivity contribution in [3.63, 3.8) is 0 Å². The summed E-state index contributed by atoms with van der Waals surface area (Å²) >= 11 is 0. The molecular weight excluding hydrogens is 645 g/mol. The van der Waals surface area contributed by atoms with Crippen LogP contribution in [0.3, 0.4) is 0 Å². The first-order valence-electron chi connectivity index (χ1n) is 18.3. The quantitative estimate of drug-likeness (QED) is 0.131. The summed E-state index contributed by atoms with van der Waals surface area (Å²) in [5.74, 6) is 0.204. The lowest BCUT2D eigenvalue weighted by Gasteiger charge is -2.47. The van der Waals surface area contributed by atoms with Crippen molar-refractivity contribution >= 4 is 50.8 Å². The van der Waals surface area contributed by atoms with Gasteiger partial charge in [-0.05, 0) is 77.4 Å². The third kappa shape index (κ3) is 3.99. The maximum absolute atomic E-state index is 6.45. The Morgan fingerprint density at radius 3 is 1.50 bits per heavy atom. The van der Waals surface area contributed by atoms with Gasteiger partial charge < -0.3 is 4.42 Å². The van der Waals surface area contributed by atoms with Gasteiger partial charge in [-0.1, -0.05) is 182 Å². The van der Waals surface area contributed by atoms with E-state index in [2.05, 4.69) is 194 Å². The zero-order valence-electron chi connectivity index (χ0n) is 28.5. The molecule has 52 heavy (non-hydrogen) atoms. The lowest BCUT2D eigenvalue weighted by atomic mass is 9.60. The van der Waals surface area contributed by atoms with E-state index in [0.29, 0.717) is 0 Å². The van der Waals surface area contributed by atoms with Crippen molar-refractivity contribution in [3.8, 4) is 11.1 Å². The zero-order chi connectivity index (χ0) is 34.2. The van der Waals surface area contributed by atoms with Crippen LogP contribution < -0.4 is 20.7 Å². The van der Waals surface area contributed by atoms with E-state index in [1.165, 1.54) is 70.6 Å². The van der Waals surface area contributed by atoms with Crippen LogP contribution in [0.1, 0.15) is 45.2 Å². The van der Waals surface area contributed by atoms with Gasteiger partial charge in [0.25, 0.3) is 0 Å². The Bertz CT molecular complexity index is 2700. The molecule has 0 fully saturated rings. The van der Waals surface area contributed by atoms with Crippen LogP contribution in [0.25, 0.3) is 33.1 Å². The highest BCUT2D eigenvalue weighted by molar-refractivity contribution is 7.20.